The highest BCUT2D eigenvalue weighted by Gasteiger charge is 2.08. The summed E-state index contributed by atoms with van der Waals surface area (Å²) >= 11 is 11.1. The number of imidazole rings is 1. The Hall–Kier alpha value is -1.91. The molecule has 5 heteroatoms. The van der Waals surface area contributed by atoms with Crippen LogP contribution in [-0.4, -0.2) is 9.55 Å². The van der Waals surface area contributed by atoms with E-state index >= 15 is 0 Å². The maximum atomic E-state index is 13.8. The highest BCUT2D eigenvalue weighted by Crippen LogP contribution is 2.22. The van der Waals surface area contributed by atoms with Crippen LogP contribution in [0.4, 0.5) is 4.39 Å². The van der Waals surface area contributed by atoms with Gasteiger partial charge in [-0.2, -0.15) is 0 Å². The molecule has 3 aromatic rings. The fourth-order valence-electron chi connectivity index (χ4n) is 2.00. The average molecular weight is 305 g/mol. The molecule has 1 heterocycles. The van der Waals surface area contributed by atoms with Crippen LogP contribution in [0.3, 0.4) is 0 Å². The van der Waals surface area contributed by atoms with Gasteiger partial charge in [0.1, 0.15) is 5.82 Å². The fourth-order valence-corrected chi connectivity index (χ4v) is 2.38. The van der Waals surface area contributed by atoms with Crippen molar-refractivity contribution >= 4 is 23.8 Å². The van der Waals surface area contributed by atoms with Crippen molar-refractivity contribution in [2.24, 2.45) is 0 Å². The number of para-hydroxylation sites is 1. The van der Waals surface area contributed by atoms with E-state index in [-0.39, 0.29) is 5.82 Å². The molecule has 0 saturated heterocycles. The van der Waals surface area contributed by atoms with Gasteiger partial charge in [0.25, 0.3) is 0 Å². The lowest BCUT2D eigenvalue weighted by molar-refractivity contribution is 0.617. The van der Waals surface area contributed by atoms with Crippen LogP contribution in [0.5, 0.6) is 0 Å². The number of benzene rings is 2. The molecule has 0 aliphatic heterocycles. The first-order valence-electron chi connectivity index (χ1n) is 5.97. The Morgan fingerprint density at radius 3 is 2.45 bits per heavy atom. The minimum Gasteiger partial charge on any atom is -0.330 e. The highest BCUT2D eigenvalue weighted by atomic mass is 35.5. The third-order valence-electron chi connectivity index (χ3n) is 2.99. The van der Waals surface area contributed by atoms with E-state index in [2.05, 4.69) is 4.98 Å². The van der Waals surface area contributed by atoms with Crippen molar-refractivity contribution in [3.8, 4) is 16.9 Å². The zero-order valence-electron chi connectivity index (χ0n) is 10.3. The lowest BCUT2D eigenvalue weighted by Crippen LogP contribution is -1.95. The van der Waals surface area contributed by atoms with Crippen molar-refractivity contribution in [3.63, 3.8) is 0 Å². The molecule has 0 atom stereocenters. The molecule has 0 spiro atoms. The summed E-state index contributed by atoms with van der Waals surface area (Å²) in [6.45, 7) is 0. The summed E-state index contributed by atoms with van der Waals surface area (Å²) in [5.74, 6) is -0.315. The third kappa shape index (κ3) is 2.40. The van der Waals surface area contributed by atoms with E-state index in [9.17, 15) is 4.39 Å². The molecule has 2 aromatic carbocycles. The second-order valence-corrected chi connectivity index (χ2v) is 5.12. The second-order valence-electron chi connectivity index (χ2n) is 4.30. The van der Waals surface area contributed by atoms with Gasteiger partial charge in [-0.1, -0.05) is 35.9 Å². The quantitative estimate of drug-likeness (QED) is 0.661. The van der Waals surface area contributed by atoms with Crippen molar-refractivity contribution in [3.05, 3.63) is 70.3 Å². The lowest BCUT2D eigenvalue weighted by Gasteiger charge is -2.02. The van der Waals surface area contributed by atoms with Gasteiger partial charge < -0.3 is 4.98 Å². The predicted molar refractivity (Wildman–Crippen MR) is 81.4 cm³/mol. The maximum absolute atomic E-state index is 13.8. The SMILES string of the molecule is Fc1ccccc1-n1cc(-c2ccc(Cl)cc2)[nH]c1=S. The Balaban J connectivity index is 2.10. The standard InChI is InChI=1S/C15H10ClFN2S/c16-11-7-5-10(6-8-11)13-9-19(15(20)18-13)14-4-2-1-3-12(14)17/h1-9H,(H,18,20). The molecule has 3 rings (SSSR count). The molecule has 1 N–H and O–H groups in total. The molecule has 0 amide bonds. The Morgan fingerprint density at radius 2 is 1.75 bits per heavy atom. The number of hydrogen-bond acceptors (Lipinski definition) is 1. The number of aromatic nitrogens is 2. The molecular weight excluding hydrogens is 295 g/mol. The number of nitrogens with zero attached hydrogens (tertiary/aromatic N) is 1. The minimum atomic E-state index is -0.315. The third-order valence-corrected chi connectivity index (χ3v) is 3.54. The van der Waals surface area contributed by atoms with Gasteiger partial charge in [-0.3, -0.25) is 4.57 Å². The van der Waals surface area contributed by atoms with Crippen molar-refractivity contribution in [1.82, 2.24) is 9.55 Å². The van der Waals surface area contributed by atoms with Crippen molar-refractivity contribution in [1.29, 1.82) is 0 Å². The summed E-state index contributed by atoms with van der Waals surface area (Å²) < 4.78 is 15.9. The van der Waals surface area contributed by atoms with Crippen LogP contribution in [0.2, 0.25) is 5.02 Å². The molecule has 1 aromatic heterocycles. The van der Waals surface area contributed by atoms with E-state index in [1.54, 1.807) is 41.1 Å². The first-order valence-corrected chi connectivity index (χ1v) is 6.76. The van der Waals surface area contributed by atoms with Gasteiger partial charge >= 0.3 is 0 Å². The summed E-state index contributed by atoms with van der Waals surface area (Å²) in [5, 5.41) is 0.667. The molecule has 0 fully saturated rings. The van der Waals surface area contributed by atoms with Gasteiger partial charge in [-0.25, -0.2) is 4.39 Å². The van der Waals surface area contributed by atoms with Gasteiger partial charge in [-0.15, -0.1) is 0 Å². The van der Waals surface area contributed by atoms with Crippen molar-refractivity contribution < 1.29 is 4.39 Å². The van der Waals surface area contributed by atoms with Gasteiger partial charge in [0.15, 0.2) is 4.77 Å². The van der Waals surface area contributed by atoms with Crippen LogP contribution in [0.25, 0.3) is 16.9 Å². The first-order chi connectivity index (χ1) is 9.65. The largest absolute Gasteiger partial charge is 0.330 e. The van der Waals surface area contributed by atoms with Crippen LogP contribution in [0.1, 0.15) is 0 Å². The summed E-state index contributed by atoms with van der Waals surface area (Å²) in [5.41, 5.74) is 2.18. The van der Waals surface area contributed by atoms with Crippen LogP contribution in [0.15, 0.2) is 54.7 Å². The van der Waals surface area contributed by atoms with Gasteiger partial charge in [0.05, 0.1) is 11.4 Å². The van der Waals surface area contributed by atoms with Gasteiger partial charge in [0, 0.05) is 11.2 Å². The van der Waals surface area contributed by atoms with Crippen LogP contribution in [-0.2, 0) is 0 Å². The summed E-state index contributed by atoms with van der Waals surface area (Å²) in [4.78, 5) is 3.07. The summed E-state index contributed by atoms with van der Waals surface area (Å²) in [6.07, 6.45) is 1.78. The van der Waals surface area contributed by atoms with Gasteiger partial charge in [0.2, 0.25) is 0 Å². The van der Waals surface area contributed by atoms with E-state index in [4.69, 9.17) is 23.8 Å². The normalized spacial score (nSPS) is 10.7. The molecule has 0 unspecified atom stereocenters. The molecule has 0 radical (unpaired) electrons. The highest BCUT2D eigenvalue weighted by molar-refractivity contribution is 7.71. The van der Waals surface area contributed by atoms with E-state index in [0.29, 0.717) is 15.5 Å². The molecule has 0 saturated carbocycles. The Morgan fingerprint density at radius 1 is 1.05 bits per heavy atom. The summed E-state index contributed by atoms with van der Waals surface area (Å²) in [6, 6.07) is 13.9. The summed E-state index contributed by atoms with van der Waals surface area (Å²) in [7, 11) is 0. The number of rotatable bonds is 2. The smallest absolute Gasteiger partial charge is 0.182 e. The van der Waals surface area contributed by atoms with E-state index < -0.39 is 0 Å². The Bertz CT molecular complexity index is 805. The van der Waals surface area contributed by atoms with Gasteiger partial charge in [-0.05, 0) is 42.0 Å². The predicted octanol–water partition coefficient (Wildman–Crippen LogP) is 4.99. The molecule has 2 nitrogen and oxygen atoms in total. The molecular formula is C15H10ClFN2S. The minimum absolute atomic E-state index is 0.315. The topological polar surface area (TPSA) is 20.7 Å². The van der Waals surface area contributed by atoms with Crippen molar-refractivity contribution in [2.45, 2.75) is 0 Å². The molecule has 0 aliphatic carbocycles. The Kier molecular flexibility index (Phi) is 3.42. The second kappa shape index (κ2) is 5.23. The fraction of sp³-hybridized carbons (Fsp3) is 0. The van der Waals surface area contributed by atoms with E-state index in [0.717, 1.165) is 11.3 Å². The number of aromatic amines is 1. The number of halogens is 2. The van der Waals surface area contributed by atoms with Crippen LogP contribution < -0.4 is 0 Å². The van der Waals surface area contributed by atoms with E-state index in [1.807, 2.05) is 12.1 Å². The van der Waals surface area contributed by atoms with Crippen molar-refractivity contribution in [2.75, 3.05) is 0 Å². The Labute approximate surface area is 125 Å². The molecule has 100 valence electrons. The molecule has 20 heavy (non-hydrogen) atoms. The molecule has 0 aliphatic rings. The first kappa shape index (κ1) is 13.1. The number of nitrogens with one attached hydrogen (secondary N) is 1. The zero-order chi connectivity index (χ0) is 14.1. The van der Waals surface area contributed by atoms with Crippen LogP contribution in [0, 0.1) is 10.6 Å². The average Bonchev–Trinajstić information content (AvgIpc) is 2.82. The monoisotopic (exact) mass is 304 g/mol. The lowest BCUT2D eigenvalue weighted by atomic mass is 10.2. The number of hydrogen-bond donors (Lipinski definition) is 1. The van der Waals surface area contributed by atoms with Crippen LogP contribution >= 0.6 is 23.8 Å². The maximum Gasteiger partial charge on any atom is 0.182 e. The van der Waals surface area contributed by atoms with E-state index in [1.165, 1.54) is 6.07 Å². The number of H-pyrrole nitrogens is 1. The zero-order valence-corrected chi connectivity index (χ0v) is 11.9. The molecule has 0 bridgehead atoms.